The molecule has 10 nitrogen and oxygen atoms in total. The number of nitrogens with two attached hydrogens (primary N) is 1. The predicted octanol–water partition coefficient (Wildman–Crippen LogP) is 3.26. The first-order chi connectivity index (χ1) is 16.1. The molecular weight excluding hydrogens is 440 g/mol. The summed E-state index contributed by atoms with van der Waals surface area (Å²) in [5, 5.41) is 19.4. The first-order valence-electron chi connectivity index (χ1n) is 9.89. The summed E-state index contributed by atoms with van der Waals surface area (Å²) < 4.78 is 6.02. The second-order valence-corrected chi connectivity index (χ2v) is 7.91. The van der Waals surface area contributed by atoms with Crippen LogP contribution in [0.1, 0.15) is 27.3 Å². The zero-order valence-corrected chi connectivity index (χ0v) is 18.4. The third-order valence-corrected chi connectivity index (χ3v) is 5.51. The van der Waals surface area contributed by atoms with Crippen LogP contribution in [-0.2, 0) is 5.75 Å². The molecule has 4 rings (SSSR count). The minimum absolute atomic E-state index is 0.0394. The van der Waals surface area contributed by atoms with Crippen molar-refractivity contribution in [1.29, 1.82) is 0 Å². The third-order valence-electron chi connectivity index (χ3n) is 4.49. The number of hydrazone groups is 1. The molecule has 0 fully saturated rings. The van der Waals surface area contributed by atoms with Crippen LogP contribution in [0.4, 0.5) is 5.82 Å². The molecule has 0 spiro atoms. The van der Waals surface area contributed by atoms with Crippen LogP contribution in [0.5, 0.6) is 0 Å². The Bertz CT molecular complexity index is 1280. The quantitative estimate of drug-likeness (QED) is 0.232. The first-order valence-corrected chi connectivity index (χ1v) is 10.9. The van der Waals surface area contributed by atoms with Crippen molar-refractivity contribution in [2.24, 2.45) is 5.10 Å². The smallest absolute Gasteiger partial charge is 0.293 e. The summed E-state index contributed by atoms with van der Waals surface area (Å²) in [6, 6.07) is 17.8. The molecule has 0 aliphatic carbocycles. The zero-order valence-electron chi connectivity index (χ0n) is 17.6. The minimum atomic E-state index is -0.514. The van der Waals surface area contributed by atoms with Gasteiger partial charge < -0.3 is 5.73 Å². The van der Waals surface area contributed by atoms with Crippen LogP contribution in [0.3, 0.4) is 0 Å². The lowest BCUT2D eigenvalue weighted by Gasteiger charge is -2.06. The molecule has 0 saturated heterocycles. The highest BCUT2D eigenvalue weighted by atomic mass is 32.2. The molecule has 33 heavy (non-hydrogen) atoms. The van der Waals surface area contributed by atoms with Gasteiger partial charge in [0.15, 0.2) is 5.69 Å². The molecule has 2 aromatic carbocycles. The summed E-state index contributed by atoms with van der Waals surface area (Å²) in [4.78, 5) is 13.8. The number of benzene rings is 2. The Balaban J connectivity index is 1.51. The number of nitrogen functional groups attached to an aromatic ring is 1. The van der Waals surface area contributed by atoms with E-state index in [0.717, 1.165) is 16.0 Å². The number of aryl methyl sites for hydroxylation is 1. The highest BCUT2D eigenvalue weighted by Crippen LogP contribution is 2.26. The van der Waals surface area contributed by atoms with E-state index in [-0.39, 0.29) is 17.3 Å². The van der Waals surface area contributed by atoms with Crippen LogP contribution in [0.2, 0.25) is 0 Å². The van der Waals surface area contributed by atoms with Crippen LogP contribution in [0.25, 0.3) is 11.9 Å². The molecule has 0 saturated carbocycles. The fourth-order valence-electron chi connectivity index (χ4n) is 2.81. The number of amides is 1. The number of nitrogens with one attached hydrogen (secondary N) is 1. The van der Waals surface area contributed by atoms with Gasteiger partial charge in [-0.2, -0.15) is 9.78 Å². The van der Waals surface area contributed by atoms with E-state index in [4.69, 9.17) is 5.73 Å². The highest BCUT2D eigenvalue weighted by molar-refractivity contribution is 7.98. The SMILES string of the molecule is Cc1ccc(SCc2c(C(=O)N/N=C/C=C/c3ccccc3)nnn2-c2nonc2N)cc1. The van der Waals surface area contributed by atoms with E-state index in [1.54, 1.807) is 6.08 Å². The first kappa shape index (κ1) is 22.0. The Morgan fingerprint density at radius 1 is 1.18 bits per heavy atom. The third kappa shape index (κ3) is 5.52. The van der Waals surface area contributed by atoms with Crippen molar-refractivity contribution >= 4 is 35.8 Å². The number of rotatable bonds is 8. The second kappa shape index (κ2) is 10.4. The number of allylic oxidation sites excluding steroid dienone is 1. The molecule has 11 heteroatoms. The summed E-state index contributed by atoms with van der Waals surface area (Å²) >= 11 is 1.52. The summed E-state index contributed by atoms with van der Waals surface area (Å²) in [6.45, 7) is 2.02. The van der Waals surface area contributed by atoms with Crippen LogP contribution >= 0.6 is 11.8 Å². The molecule has 0 bridgehead atoms. The van der Waals surface area contributed by atoms with Gasteiger partial charge >= 0.3 is 0 Å². The minimum Gasteiger partial charge on any atom is -0.378 e. The van der Waals surface area contributed by atoms with Gasteiger partial charge in [-0.3, -0.25) is 4.79 Å². The van der Waals surface area contributed by atoms with Crippen molar-refractivity contribution < 1.29 is 9.42 Å². The maximum Gasteiger partial charge on any atom is 0.293 e. The van der Waals surface area contributed by atoms with Gasteiger partial charge in [-0.05, 0) is 41.0 Å². The van der Waals surface area contributed by atoms with Crippen LogP contribution in [0.15, 0.2) is 75.3 Å². The highest BCUT2D eigenvalue weighted by Gasteiger charge is 2.23. The van der Waals surface area contributed by atoms with Crippen LogP contribution in [0, 0.1) is 6.92 Å². The van der Waals surface area contributed by atoms with Gasteiger partial charge in [0.1, 0.15) is 0 Å². The summed E-state index contributed by atoms with van der Waals surface area (Å²) in [7, 11) is 0. The molecule has 2 heterocycles. The van der Waals surface area contributed by atoms with Gasteiger partial charge in [0.2, 0.25) is 11.6 Å². The standard InChI is InChI=1S/C22H20N8O2S/c1-15-9-11-17(12-10-15)33-14-18-19(25-29-30(18)21-20(23)27-32-28-21)22(31)26-24-13-5-8-16-6-3-2-4-7-16/h2-13H,14H2,1H3,(H2,23,27)(H,26,31)/b8-5+,24-13+. The van der Waals surface area contributed by atoms with Crippen molar-refractivity contribution in [3.8, 4) is 5.82 Å². The van der Waals surface area contributed by atoms with Gasteiger partial charge in [-0.25, -0.2) is 10.1 Å². The molecular formula is C22H20N8O2S. The summed E-state index contributed by atoms with van der Waals surface area (Å²) in [5.41, 5.74) is 11.0. The molecule has 2 aromatic heterocycles. The molecule has 3 N–H and O–H groups in total. The Labute approximate surface area is 193 Å². The number of aromatic nitrogens is 5. The normalized spacial score (nSPS) is 11.4. The van der Waals surface area contributed by atoms with Gasteiger partial charge in [0.05, 0.1) is 5.69 Å². The summed E-state index contributed by atoms with van der Waals surface area (Å²) in [6.07, 6.45) is 5.08. The van der Waals surface area contributed by atoms with E-state index < -0.39 is 5.91 Å². The number of carbonyl (C=O) groups is 1. The molecule has 0 aliphatic rings. The van der Waals surface area contributed by atoms with Crippen molar-refractivity contribution in [1.82, 2.24) is 30.7 Å². The van der Waals surface area contributed by atoms with Crippen molar-refractivity contribution in [3.63, 3.8) is 0 Å². The lowest BCUT2D eigenvalue weighted by Crippen LogP contribution is -2.20. The van der Waals surface area contributed by atoms with E-state index in [1.165, 1.54) is 22.7 Å². The maximum absolute atomic E-state index is 12.8. The summed E-state index contributed by atoms with van der Waals surface area (Å²) in [5.74, 6) is 0.0657. The fourth-order valence-corrected chi connectivity index (χ4v) is 3.70. The van der Waals surface area contributed by atoms with E-state index in [0.29, 0.717) is 11.4 Å². The molecule has 0 atom stereocenters. The fraction of sp³-hybridized carbons (Fsp3) is 0.0909. The monoisotopic (exact) mass is 460 g/mol. The van der Waals surface area contributed by atoms with Gasteiger partial charge in [-0.15, -0.1) is 16.9 Å². The van der Waals surface area contributed by atoms with Crippen molar-refractivity contribution in [3.05, 3.63) is 83.2 Å². The van der Waals surface area contributed by atoms with E-state index >= 15 is 0 Å². The van der Waals surface area contributed by atoms with E-state index in [2.05, 4.69) is 35.8 Å². The van der Waals surface area contributed by atoms with Crippen molar-refractivity contribution in [2.45, 2.75) is 17.6 Å². The number of thioether (sulfide) groups is 1. The largest absolute Gasteiger partial charge is 0.378 e. The maximum atomic E-state index is 12.8. The number of carbonyl (C=O) groups excluding carboxylic acids is 1. The lowest BCUT2D eigenvalue weighted by molar-refractivity contribution is 0.0949. The average Bonchev–Trinajstić information content (AvgIpc) is 3.44. The Morgan fingerprint density at radius 3 is 2.70 bits per heavy atom. The zero-order chi connectivity index (χ0) is 23.0. The second-order valence-electron chi connectivity index (χ2n) is 6.86. The molecule has 1 amide bonds. The topological polar surface area (TPSA) is 137 Å². The average molecular weight is 461 g/mol. The van der Waals surface area contributed by atoms with E-state index in [1.807, 2.05) is 67.6 Å². The van der Waals surface area contributed by atoms with Crippen LogP contribution < -0.4 is 11.2 Å². The van der Waals surface area contributed by atoms with Crippen molar-refractivity contribution in [2.75, 3.05) is 5.73 Å². The predicted molar refractivity (Wildman–Crippen MR) is 126 cm³/mol. The Hall–Kier alpha value is -4.25. The van der Waals surface area contributed by atoms with Crippen LogP contribution in [-0.4, -0.2) is 37.4 Å². The number of anilines is 1. The van der Waals surface area contributed by atoms with Gasteiger partial charge in [-0.1, -0.05) is 59.3 Å². The molecule has 166 valence electrons. The molecule has 4 aromatic rings. The lowest BCUT2D eigenvalue weighted by atomic mass is 10.2. The molecule has 0 radical (unpaired) electrons. The van der Waals surface area contributed by atoms with Gasteiger partial charge in [0.25, 0.3) is 5.91 Å². The molecule has 0 aliphatic heterocycles. The number of hydrogen-bond donors (Lipinski definition) is 2. The molecule has 0 unspecified atom stereocenters. The van der Waals surface area contributed by atoms with E-state index in [9.17, 15) is 4.79 Å². The Kier molecular flexibility index (Phi) is 6.90. The number of nitrogens with zero attached hydrogens (tertiary/aromatic N) is 6. The van der Waals surface area contributed by atoms with Gasteiger partial charge in [0, 0.05) is 16.9 Å². The number of hydrogen-bond acceptors (Lipinski definition) is 9. The Morgan fingerprint density at radius 2 is 1.97 bits per heavy atom.